The van der Waals surface area contributed by atoms with Gasteiger partial charge >= 0.3 is 0 Å². The average Bonchev–Trinajstić information content (AvgIpc) is 2.49. The van der Waals surface area contributed by atoms with E-state index < -0.39 is 11.6 Å². The molecule has 0 spiro atoms. The van der Waals surface area contributed by atoms with Crippen LogP contribution in [-0.4, -0.2) is 0 Å². The number of thiophene rings is 1. The molecule has 1 aromatic heterocycles. The van der Waals surface area contributed by atoms with Crippen molar-refractivity contribution >= 4 is 38.9 Å². The molecule has 1 aromatic carbocycles. The van der Waals surface area contributed by atoms with Crippen LogP contribution in [0.25, 0.3) is 10.4 Å². The van der Waals surface area contributed by atoms with E-state index in [-0.39, 0.29) is 5.56 Å². The molecule has 0 aliphatic rings. The van der Waals surface area contributed by atoms with Gasteiger partial charge in [0.15, 0.2) is 0 Å². The van der Waals surface area contributed by atoms with Gasteiger partial charge in [-0.15, -0.1) is 11.3 Å². The van der Waals surface area contributed by atoms with Crippen LogP contribution < -0.4 is 0 Å². The maximum Gasteiger partial charge on any atom is 0.135 e. The van der Waals surface area contributed by atoms with Crippen LogP contribution >= 0.6 is 38.9 Å². The van der Waals surface area contributed by atoms with Crippen molar-refractivity contribution in [3.8, 4) is 10.4 Å². The summed E-state index contributed by atoms with van der Waals surface area (Å²) in [5, 5.41) is 0. The Morgan fingerprint density at radius 3 is 2.20 bits per heavy atom. The van der Waals surface area contributed by atoms with Gasteiger partial charge in [-0.1, -0.05) is 27.5 Å². The predicted molar refractivity (Wildman–Crippen MR) is 62.4 cm³/mol. The summed E-state index contributed by atoms with van der Waals surface area (Å²) in [5.41, 5.74) is -0.0323. The molecule has 0 saturated carbocycles. The smallest absolute Gasteiger partial charge is 0.135 e. The van der Waals surface area contributed by atoms with E-state index in [1.165, 1.54) is 12.1 Å². The molecule has 0 unspecified atom stereocenters. The van der Waals surface area contributed by atoms with Crippen LogP contribution in [0.2, 0.25) is 4.34 Å². The monoisotopic (exact) mass is 308 g/mol. The second-order valence-electron chi connectivity index (χ2n) is 2.85. The molecular formula is C10H4BrClF2S. The standard InChI is InChI=1S/C10H4BrClF2S/c11-5-3-6(13)10(7(14)4-5)8-1-2-9(12)15-8/h1-4H. The molecule has 0 bridgehead atoms. The zero-order chi connectivity index (χ0) is 11.0. The van der Waals surface area contributed by atoms with Crippen LogP contribution in [-0.2, 0) is 0 Å². The van der Waals surface area contributed by atoms with Crippen molar-refractivity contribution < 1.29 is 8.78 Å². The van der Waals surface area contributed by atoms with Crippen molar-refractivity contribution in [1.29, 1.82) is 0 Å². The Labute approximate surface area is 103 Å². The largest absolute Gasteiger partial charge is 0.206 e. The molecule has 5 heteroatoms. The third-order valence-corrected chi connectivity index (χ3v) is 3.53. The molecule has 0 fully saturated rings. The SMILES string of the molecule is Fc1cc(Br)cc(F)c1-c1ccc(Cl)s1. The van der Waals surface area contributed by atoms with Gasteiger partial charge in [0, 0.05) is 9.35 Å². The number of hydrogen-bond donors (Lipinski definition) is 0. The van der Waals surface area contributed by atoms with Gasteiger partial charge in [-0.25, -0.2) is 8.78 Å². The van der Waals surface area contributed by atoms with E-state index in [9.17, 15) is 8.78 Å². The van der Waals surface area contributed by atoms with Gasteiger partial charge < -0.3 is 0 Å². The van der Waals surface area contributed by atoms with Crippen molar-refractivity contribution in [3.05, 3.63) is 44.7 Å². The number of halogens is 4. The second-order valence-corrected chi connectivity index (χ2v) is 5.48. The third kappa shape index (κ3) is 2.22. The first-order chi connectivity index (χ1) is 7.08. The van der Waals surface area contributed by atoms with Crippen LogP contribution in [0.4, 0.5) is 8.78 Å². The molecule has 15 heavy (non-hydrogen) atoms. The average molecular weight is 310 g/mol. The fraction of sp³-hybridized carbons (Fsp3) is 0. The molecule has 0 aliphatic heterocycles. The minimum atomic E-state index is -0.597. The minimum absolute atomic E-state index is 0.0323. The van der Waals surface area contributed by atoms with Gasteiger partial charge in [0.1, 0.15) is 11.6 Å². The zero-order valence-corrected chi connectivity index (χ0v) is 10.4. The molecular weight excluding hydrogens is 306 g/mol. The highest BCUT2D eigenvalue weighted by Gasteiger charge is 2.14. The first-order valence-corrected chi connectivity index (χ1v) is 5.97. The fourth-order valence-corrected chi connectivity index (χ4v) is 2.72. The number of benzene rings is 1. The lowest BCUT2D eigenvalue weighted by Gasteiger charge is -2.02. The molecule has 2 aromatic rings. The molecule has 0 radical (unpaired) electrons. The van der Waals surface area contributed by atoms with Gasteiger partial charge in [-0.2, -0.15) is 0 Å². The van der Waals surface area contributed by atoms with Crippen LogP contribution in [0.1, 0.15) is 0 Å². The van der Waals surface area contributed by atoms with Crippen molar-refractivity contribution in [1.82, 2.24) is 0 Å². The van der Waals surface area contributed by atoms with Gasteiger partial charge in [-0.05, 0) is 24.3 Å². The Morgan fingerprint density at radius 2 is 1.73 bits per heavy atom. The van der Waals surface area contributed by atoms with E-state index in [1.807, 2.05) is 0 Å². The topological polar surface area (TPSA) is 0 Å². The van der Waals surface area contributed by atoms with Gasteiger partial charge in [0.05, 0.1) is 9.90 Å². The highest BCUT2D eigenvalue weighted by molar-refractivity contribution is 9.10. The summed E-state index contributed by atoms with van der Waals surface area (Å²) in [4.78, 5) is 0.488. The van der Waals surface area contributed by atoms with Gasteiger partial charge in [0.2, 0.25) is 0 Å². The van der Waals surface area contributed by atoms with E-state index >= 15 is 0 Å². The Balaban J connectivity index is 2.62. The van der Waals surface area contributed by atoms with E-state index in [0.29, 0.717) is 13.7 Å². The molecule has 0 atom stereocenters. The van der Waals surface area contributed by atoms with E-state index in [1.54, 1.807) is 12.1 Å². The van der Waals surface area contributed by atoms with E-state index in [0.717, 1.165) is 11.3 Å². The summed E-state index contributed by atoms with van der Waals surface area (Å²) in [6.45, 7) is 0. The van der Waals surface area contributed by atoms with Crippen molar-refractivity contribution in [2.45, 2.75) is 0 Å². The molecule has 0 saturated heterocycles. The Kier molecular flexibility index (Phi) is 3.09. The maximum atomic E-state index is 13.5. The summed E-state index contributed by atoms with van der Waals surface area (Å²) in [6.07, 6.45) is 0. The third-order valence-electron chi connectivity index (χ3n) is 1.83. The van der Waals surface area contributed by atoms with Gasteiger partial charge in [-0.3, -0.25) is 0 Å². The molecule has 78 valence electrons. The summed E-state index contributed by atoms with van der Waals surface area (Å²) in [7, 11) is 0. The maximum absolute atomic E-state index is 13.5. The molecule has 2 rings (SSSR count). The van der Waals surface area contributed by atoms with Crippen LogP contribution in [0.3, 0.4) is 0 Å². The first-order valence-electron chi connectivity index (χ1n) is 3.98. The number of hydrogen-bond acceptors (Lipinski definition) is 1. The lowest BCUT2D eigenvalue weighted by molar-refractivity contribution is 0.589. The highest BCUT2D eigenvalue weighted by Crippen LogP contribution is 2.35. The predicted octanol–water partition coefficient (Wildman–Crippen LogP) is 5.11. The van der Waals surface area contributed by atoms with E-state index in [4.69, 9.17) is 11.6 Å². The molecule has 1 heterocycles. The fourth-order valence-electron chi connectivity index (χ4n) is 1.23. The second kappa shape index (κ2) is 4.20. The Bertz CT molecular complexity index is 487. The van der Waals surface area contributed by atoms with Crippen LogP contribution in [0.15, 0.2) is 28.7 Å². The van der Waals surface area contributed by atoms with Crippen LogP contribution in [0, 0.1) is 11.6 Å². The summed E-state index contributed by atoms with van der Waals surface area (Å²) in [5.74, 6) is -1.19. The molecule has 0 amide bonds. The summed E-state index contributed by atoms with van der Waals surface area (Å²) in [6, 6.07) is 5.67. The quantitative estimate of drug-likeness (QED) is 0.687. The summed E-state index contributed by atoms with van der Waals surface area (Å²) >= 11 is 9.88. The Hall–Kier alpha value is -0.450. The first kappa shape index (κ1) is 11.0. The minimum Gasteiger partial charge on any atom is -0.206 e. The van der Waals surface area contributed by atoms with Crippen molar-refractivity contribution in [2.75, 3.05) is 0 Å². The van der Waals surface area contributed by atoms with Crippen molar-refractivity contribution in [2.24, 2.45) is 0 Å². The number of rotatable bonds is 1. The highest BCUT2D eigenvalue weighted by atomic mass is 79.9. The lowest BCUT2D eigenvalue weighted by Crippen LogP contribution is -1.87. The molecule has 0 aliphatic carbocycles. The Morgan fingerprint density at radius 1 is 1.13 bits per heavy atom. The molecule has 0 N–H and O–H groups in total. The zero-order valence-electron chi connectivity index (χ0n) is 7.23. The molecule has 0 nitrogen and oxygen atoms in total. The van der Waals surface area contributed by atoms with E-state index in [2.05, 4.69) is 15.9 Å². The van der Waals surface area contributed by atoms with Crippen molar-refractivity contribution in [3.63, 3.8) is 0 Å². The normalized spacial score (nSPS) is 10.7. The summed E-state index contributed by atoms with van der Waals surface area (Å²) < 4.78 is 27.9. The van der Waals surface area contributed by atoms with Crippen LogP contribution in [0.5, 0.6) is 0 Å². The lowest BCUT2D eigenvalue weighted by atomic mass is 10.1. The van der Waals surface area contributed by atoms with Gasteiger partial charge in [0.25, 0.3) is 0 Å².